The minimum Gasteiger partial charge on any atom is -0.668 e. The van der Waals surface area contributed by atoms with Crippen molar-refractivity contribution in [1.82, 2.24) is 0 Å². The standard InChI is InChI=1S/C6H18NSi2.3C2H6N.Hf/c1-8(2,3)7-9(4,5)6;3*1-3-2;/h1-6H3;3*1-2H3;/q4*-1;+4. The average molecular weight is 471 g/mol. The summed E-state index contributed by atoms with van der Waals surface area (Å²) in [6.07, 6.45) is 0. The molecule has 0 unspecified atom stereocenters. The molecule has 4 nitrogen and oxygen atoms in total. The molecular formula is C12H36HfN4Si2. The van der Waals surface area contributed by atoms with E-state index in [4.69, 9.17) is 4.65 Å². The molecule has 0 saturated carbocycles. The Morgan fingerprint density at radius 3 is 0.579 bits per heavy atom. The van der Waals surface area contributed by atoms with Gasteiger partial charge in [-0.15, -0.1) is 0 Å². The van der Waals surface area contributed by atoms with Crippen LogP contribution in [0.5, 0.6) is 0 Å². The van der Waals surface area contributed by atoms with Crippen molar-refractivity contribution < 1.29 is 25.8 Å². The Morgan fingerprint density at radius 1 is 0.474 bits per heavy atom. The van der Waals surface area contributed by atoms with Crippen LogP contribution in [0.2, 0.25) is 39.3 Å². The van der Waals surface area contributed by atoms with Crippen LogP contribution in [0, 0.1) is 0 Å². The summed E-state index contributed by atoms with van der Waals surface area (Å²) >= 11 is 0. The van der Waals surface area contributed by atoms with E-state index in [0.717, 1.165) is 0 Å². The van der Waals surface area contributed by atoms with Crippen molar-refractivity contribution in [3.63, 3.8) is 0 Å². The topological polar surface area (TPSA) is 56.4 Å². The summed E-state index contributed by atoms with van der Waals surface area (Å²) in [5, 5.41) is 10.5. The van der Waals surface area contributed by atoms with Gasteiger partial charge in [0.15, 0.2) is 0 Å². The molecule has 0 N–H and O–H groups in total. The van der Waals surface area contributed by atoms with Crippen LogP contribution in [0.25, 0.3) is 20.6 Å². The molecule has 0 saturated heterocycles. The summed E-state index contributed by atoms with van der Waals surface area (Å²) in [4.78, 5) is 0. The second-order valence-electron chi connectivity index (χ2n) is 5.80. The van der Waals surface area contributed by atoms with Gasteiger partial charge in [0.25, 0.3) is 0 Å². The third-order valence-electron chi connectivity index (χ3n) is 0.671. The molecule has 0 aromatic rings. The molecule has 0 aliphatic carbocycles. The Morgan fingerprint density at radius 2 is 0.579 bits per heavy atom. The van der Waals surface area contributed by atoms with Crippen molar-refractivity contribution in [3.05, 3.63) is 20.6 Å². The molecular weight excluding hydrogens is 435 g/mol. The fourth-order valence-corrected chi connectivity index (χ4v) is 9.06. The molecule has 0 heterocycles. The molecule has 0 fully saturated rings. The summed E-state index contributed by atoms with van der Waals surface area (Å²) in [6, 6.07) is 0. The van der Waals surface area contributed by atoms with E-state index in [9.17, 15) is 0 Å². The van der Waals surface area contributed by atoms with E-state index < -0.39 is 16.5 Å². The predicted octanol–water partition coefficient (Wildman–Crippen LogP) is 4.89. The second kappa shape index (κ2) is 21.4. The first-order valence-corrected chi connectivity index (χ1v) is 13.0. The van der Waals surface area contributed by atoms with E-state index in [2.05, 4.69) is 55.2 Å². The summed E-state index contributed by atoms with van der Waals surface area (Å²) in [5.74, 6) is 0. The smallest absolute Gasteiger partial charge is 0.668 e. The molecule has 0 aliphatic heterocycles. The third-order valence-corrected chi connectivity index (χ3v) is 6.04. The van der Waals surface area contributed by atoms with Crippen molar-refractivity contribution in [1.29, 1.82) is 0 Å². The number of rotatable bonds is 2. The third kappa shape index (κ3) is 110. The van der Waals surface area contributed by atoms with Crippen LogP contribution < -0.4 is 0 Å². The van der Waals surface area contributed by atoms with E-state index in [0.29, 0.717) is 0 Å². The van der Waals surface area contributed by atoms with E-state index in [-0.39, 0.29) is 25.8 Å². The zero-order valence-corrected chi connectivity index (χ0v) is 20.9. The van der Waals surface area contributed by atoms with Crippen LogP contribution in [0.3, 0.4) is 0 Å². The summed E-state index contributed by atoms with van der Waals surface area (Å²) in [6.45, 7) is 13.8. The first kappa shape index (κ1) is 32.2. The molecule has 19 heavy (non-hydrogen) atoms. The van der Waals surface area contributed by atoms with Gasteiger partial charge in [0, 0.05) is 0 Å². The Bertz CT molecular complexity index is 120. The van der Waals surface area contributed by atoms with Crippen molar-refractivity contribution in [2.45, 2.75) is 39.3 Å². The van der Waals surface area contributed by atoms with Crippen LogP contribution in [0.4, 0.5) is 0 Å². The molecule has 0 bridgehead atoms. The predicted molar refractivity (Wildman–Crippen MR) is 95.7 cm³/mol. The van der Waals surface area contributed by atoms with Gasteiger partial charge < -0.3 is 20.6 Å². The van der Waals surface area contributed by atoms with Gasteiger partial charge in [-0.3, -0.25) is 0 Å². The number of hydrogen-bond acceptors (Lipinski definition) is 0. The fourth-order valence-electron chi connectivity index (χ4n) is 1.01. The van der Waals surface area contributed by atoms with Gasteiger partial charge in [0.05, 0.1) is 0 Å². The van der Waals surface area contributed by atoms with Gasteiger partial charge in [0.2, 0.25) is 0 Å². The number of nitrogens with zero attached hydrogens (tertiary/aromatic N) is 4. The van der Waals surface area contributed by atoms with Gasteiger partial charge >= 0.3 is 25.8 Å². The molecule has 0 radical (unpaired) electrons. The van der Waals surface area contributed by atoms with Crippen molar-refractivity contribution >= 4 is 16.5 Å². The summed E-state index contributed by atoms with van der Waals surface area (Å²) < 4.78 is 4.82. The van der Waals surface area contributed by atoms with Gasteiger partial charge in [-0.25, -0.2) is 0 Å². The van der Waals surface area contributed by atoms with E-state index >= 15 is 0 Å². The normalized spacial score (nSPS) is 9.47. The van der Waals surface area contributed by atoms with Gasteiger partial charge in [0.1, 0.15) is 0 Å². The molecule has 116 valence electrons. The Kier molecular flexibility index (Phi) is 36.3. The van der Waals surface area contributed by atoms with Crippen LogP contribution in [0.1, 0.15) is 0 Å². The maximum atomic E-state index is 4.82. The second-order valence-corrected chi connectivity index (χ2v) is 15.4. The summed E-state index contributed by atoms with van der Waals surface area (Å²) in [5.41, 5.74) is 0. The Labute approximate surface area is 144 Å². The zero-order chi connectivity index (χ0) is 15.8. The van der Waals surface area contributed by atoms with Crippen LogP contribution in [-0.4, -0.2) is 58.8 Å². The maximum Gasteiger partial charge on any atom is 4.00 e. The largest absolute Gasteiger partial charge is 4.00 e. The van der Waals surface area contributed by atoms with Crippen molar-refractivity contribution in [2.24, 2.45) is 0 Å². The summed E-state index contributed by atoms with van der Waals surface area (Å²) in [7, 11) is 8.29. The molecule has 0 amide bonds. The number of hydrogen-bond donors (Lipinski definition) is 0. The molecule has 0 aliphatic rings. The molecule has 0 spiro atoms. The molecule has 0 atom stereocenters. The quantitative estimate of drug-likeness (QED) is 0.516. The molecule has 0 aromatic carbocycles. The Balaban J connectivity index is -0.0000000548. The molecule has 0 aromatic heterocycles. The molecule has 7 heteroatoms. The minimum atomic E-state index is -1.11. The van der Waals surface area contributed by atoms with Crippen molar-refractivity contribution in [2.75, 3.05) is 42.3 Å². The fraction of sp³-hybridized carbons (Fsp3) is 1.00. The Hall–Kier alpha value is 1.14. The monoisotopic (exact) mass is 472 g/mol. The minimum absolute atomic E-state index is 0. The van der Waals surface area contributed by atoms with Gasteiger partial charge in [-0.2, -0.15) is 42.3 Å². The maximum absolute atomic E-state index is 4.82. The van der Waals surface area contributed by atoms with Gasteiger partial charge in [-0.1, -0.05) is 55.8 Å². The van der Waals surface area contributed by atoms with E-state index in [1.165, 1.54) is 0 Å². The average Bonchev–Trinajstić information content (AvgIpc) is 2.00. The first-order valence-electron chi connectivity index (χ1n) is 6.13. The van der Waals surface area contributed by atoms with Crippen LogP contribution in [-0.2, 0) is 25.8 Å². The van der Waals surface area contributed by atoms with Crippen LogP contribution >= 0.6 is 0 Å². The van der Waals surface area contributed by atoms with E-state index in [1.54, 1.807) is 42.3 Å². The van der Waals surface area contributed by atoms with Crippen LogP contribution in [0.15, 0.2) is 0 Å². The molecule has 0 rings (SSSR count). The SMILES string of the molecule is C[N-]C.C[N-]C.C[N-]C.C[Si](C)(C)[N-][Si](C)(C)C.[Hf+4]. The zero-order valence-electron chi connectivity index (χ0n) is 15.3. The van der Waals surface area contributed by atoms with Crippen molar-refractivity contribution in [3.8, 4) is 0 Å². The van der Waals surface area contributed by atoms with E-state index in [1.807, 2.05) is 0 Å². The van der Waals surface area contributed by atoms with Gasteiger partial charge in [-0.05, 0) is 0 Å². The first-order chi connectivity index (χ1) is 7.95.